The van der Waals surface area contributed by atoms with Gasteiger partial charge in [0.05, 0.1) is 3.58 Å². The molecule has 0 saturated heterocycles. The lowest BCUT2D eigenvalue weighted by atomic mass is 9.93. The number of hydrogen-bond donors (Lipinski definition) is 0. The van der Waals surface area contributed by atoms with Crippen molar-refractivity contribution >= 4 is 37.6 Å². The Balaban J connectivity index is 1.82. The van der Waals surface area contributed by atoms with Crippen LogP contribution < -0.4 is 4.90 Å². The Kier molecular flexibility index (Phi) is 4.72. The molecule has 0 radical (unpaired) electrons. The van der Waals surface area contributed by atoms with Crippen molar-refractivity contribution in [3.63, 3.8) is 0 Å². The highest BCUT2D eigenvalue weighted by molar-refractivity contribution is 14.1. The maximum atomic E-state index is 6.56. The molecule has 1 heterocycles. The van der Waals surface area contributed by atoms with Gasteiger partial charge in [-0.15, -0.1) is 0 Å². The first-order valence-electron chi connectivity index (χ1n) is 8.63. The minimum absolute atomic E-state index is 0.101. The third-order valence-corrected chi connectivity index (χ3v) is 5.73. The molecular weight excluding hydrogens is 433 g/mol. The minimum Gasteiger partial charge on any atom is -0.479 e. The Morgan fingerprint density at radius 3 is 2.15 bits per heavy atom. The molecule has 0 aromatic heterocycles. The van der Waals surface area contributed by atoms with Crippen LogP contribution >= 0.6 is 22.6 Å². The summed E-state index contributed by atoms with van der Waals surface area (Å²) in [6.45, 7) is 0. The van der Waals surface area contributed by atoms with E-state index in [1.165, 1.54) is 22.4 Å². The number of hydrogen-bond acceptors (Lipinski definition) is 2. The second kappa shape index (κ2) is 7.16. The molecule has 2 nitrogen and oxygen atoms in total. The average molecular weight is 453 g/mol. The number of nitrogens with zero attached hydrogens (tertiary/aromatic N) is 1. The van der Waals surface area contributed by atoms with E-state index in [2.05, 4.69) is 114 Å². The van der Waals surface area contributed by atoms with Crippen LogP contribution in [0, 0.1) is 0 Å². The normalized spacial score (nSPS) is 16.0. The van der Waals surface area contributed by atoms with E-state index in [-0.39, 0.29) is 6.10 Å². The van der Waals surface area contributed by atoms with Gasteiger partial charge in [0.1, 0.15) is 11.9 Å². The topological polar surface area (TPSA) is 12.5 Å². The smallest absolute Gasteiger partial charge is 0.150 e. The summed E-state index contributed by atoms with van der Waals surface area (Å²) in [5.41, 5.74) is 5.93. The summed E-state index contributed by atoms with van der Waals surface area (Å²) < 4.78 is 7.71. The van der Waals surface area contributed by atoms with Crippen molar-refractivity contribution in [2.75, 3.05) is 19.0 Å². The Labute approximate surface area is 168 Å². The summed E-state index contributed by atoms with van der Waals surface area (Å²) in [6.07, 6.45) is -0.101. The number of benzene rings is 3. The first-order valence-corrected chi connectivity index (χ1v) is 9.71. The maximum absolute atomic E-state index is 6.56. The first-order chi connectivity index (χ1) is 12.6. The van der Waals surface area contributed by atoms with E-state index < -0.39 is 0 Å². The first kappa shape index (κ1) is 17.2. The third-order valence-electron chi connectivity index (χ3n) is 4.66. The number of ether oxygens (including phenoxy) is 1. The Bertz CT molecular complexity index is 945. The molecule has 0 fully saturated rings. The van der Waals surface area contributed by atoms with Crippen LogP contribution in [0.1, 0.15) is 28.4 Å². The van der Waals surface area contributed by atoms with Crippen molar-refractivity contribution < 1.29 is 4.74 Å². The molecule has 1 aliphatic rings. The van der Waals surface area contributed by atoms with E-state index in [1.54, 1.807) is 0 Å². The van der Waals surface area contributed by atoms with Crippen LogP contribution in [-0.4, -0.2) is 14.1 Å². The number of anilines is 1. The molecule has 0 bridgehead atoms. The van der Waals surface area contributed by atoms with E-state index >= 15 is 0 Å². The van der Waals surface area contributed by atoms with Crippen LogP contribution in [-0.2, 0) is 4.74 Å². The molecule has 4 rings (SSSR count). The van der Waals surface area contributed by atoms with Gasteiger partial charge < -0.3 is 9.64 Å². The van der Waals surface area contributed by atoms with Gasteiger partial charge in [-0.2, -0.15) is 0 Å². The van der Waals surface area contributed by atoms with Crippen LogP contribution in [0.5, 0.6) is 0 Å². The average Bonchev–Trinajstić information content (AvgIpc) is 2.69. The van der Waals surface area contributed by atoms with E-state index in [0.29, 0.717) is 0 Å². The van der Waals surface area contributed by atoms with Gasteiger partial charge in [-0.1, -0.05) is 66.7 Å². The monoisotopic (exact) mass is 453 g/mol. The molecule has 26 heavy (non-hydrogen) atoms. The van der Waals surface area contributed by atoms with Crippen molar-refractivity contribution in [3.05, 3.63) is 101 Å². The van der Waals surface area contributed by atoms with Crippen LogP contribution in [0.3, 0.4) is 0 Å². The highest BCUT2D eigenvalue weighted by Crippen LogP contribution is 2.46. The minimum atomic E-state index is -0.101. The van der Waals surface area contributed by atoms with Gasteiger partial charge in [0.2, 0.25) is 0 Å². The zero-order valence-corrected chi connectivity index (χ0v) is 17.0. The molecule has 0 aliphatic carbocycles. The molecule has 0 N–H and O–H groups in total. The molecule has 3 aromatic rings. The standard InChI is InChI=1S/C23H20INO/c1-25(2)18-14-12-17(13-15-18)22-20-11-7-6-10-19(20)21(24)23(26-22)16-8-4-3-5-9-16/h3-15,22H,1-2H3. The Morgan fingerprint density at radius 1 is 0.808 bits per heavy atom. The van der Waals surface area contributed by atoms with Crippen molar-refractivity contribution in [1.29, 1.82) is 0 Å². The van der Waals surface area contributed by atoms with Gasteiger partial charge in [0, 0.05) is 30.9 Å². The molecular formula is C23H20INO. The summed E-state index contributed by atoms with van der Waals surface area (Å²) in [4.78, 5) is 2.11. The van der Waals surface area contributed by atoms with Crippen LogP contribution in [0.15, 0.2) is 78.9 Å². The van der Waals surface area contributed by atoms with Gasteiger partial charge in [-0.3, -0.25) is 0 Å². The summed E-state index contributed by atoms with van der Waals surface area (Å²) in [6, 6.07) is 27.5. The number of fused-ring (bicyclic) bond motifs is 1. The molecule has 3 heteroatoms. The van der Waals surface area contributed by atoms with Gasteiger partial charge in [-0.05, 0) is 45.9 Å². The zero-order valence-electron chi connectivity index (χ0n) is 14.8. The lowest BCUT2D eigenvalue weighted by Gasteiger charge is -2.30. The fraction of sp³-hybridized carbons (Fsp3) is 0.130. The summed E-state index contributed by atoms with van der Waals surface area (Å²) in [7, 11) is 4.11. The van der Waals surface area contributed by atoms with Crippen molar-refractivity contribution in [1.82, 2.24) is 0 Å². The molecule has 0 amide bonds. The number of rotatable bonds is 3. The van der Waals surface area contributed by atoms with Gasteiger partial charge >= 0.3 is 0 Å². The van der Waals surface area contributed by atoms with Crippen molar-refractivity contribution in [2.45, 2.75) is 6.10 Å². The van der Waals surface area contributed by atoms with Gasteiger partial charge in [0.15, 0.2) is 0 Å². The SMILES string of the molecule is CN(C)c1ccc(C2OC(c3ccccc3)=C(I)c3ccccc32)cc1. The molecule has 0 spiro atoms. The lowest BCUT2D eigenvalue weighted by Crippen LogP contribution is -2.14. The zero-order chi connectivity index (χ0) is 18.1. The van der Waals surface area contributed by atoms with E-state index in [1.807, 2.05) is 6.07 Å². The second-order valence-electron chi connectivity index (χ2n) is 6.58. The Morgan fingerprint density at radius 2 is 1.46 bits per heavy atom. The molecule has 1 aliphatic heterocycles. The quantitative estimate of drug-likeness (QED) is 0.443. The summed E-state index contributed by atoms with van der Waals surface area (Å²) in [5.74, 6) is 0.951. The maximum Gasteiger partial charge on any atom is 0.150 e. The predicted octanol–water partition coefficient (Wildman–Crippen LogP) is 6.13. The van der Waals surface area contributed by atoms with Crippen LogP contribution in [0.4, 0.5) is 5.69 Å². The van der Waals surface area contributed by atoms with E-state index in [9.17, 15) is 0 Å². The summed E-state index contributed by atoms with van der Waals surface area (Å²) in [5, 5.41) is 0. The largest absolute Gasteiger partial charge is 0.479 e. The third kappa shape index (κ3) is 3.12. The van der Waals surface area contributed by atoms with Crippen molar-refractivity contribution in [2.24, 2.45) is 0 Å². The van der Waals surface area contributed by atoms with Gasteiger partial charge in [-0.25, -0.2) is 0 Å². The van der Waals surface area contributed by atoms with E-state index in [0.717, 1.165) is 14.9 Å². The second-order valence-corrected chi connectivity index (χ2v) is 7.66. The van der Waals surface area contributed by atoms with Crippen LogP contribution in [0.25, 0.3) is 9.34 Å². The fourth-order valence-electron chi connectivity index (χ4n) is 3.26. The lowest BCUT2D eigenvalue weighted by molar-refractivity contribution is 0.205. The molecule has 1 atom stereocenters. The van der Waals surface area contributed by atoms with Gasteiger partial charge in [0.25, 0.3) is 0 Å². The Hall–Kier alpha value is -2.27. The van der Waals surface area contributed by atoms with Crippen molar-refractivity contribution in [3.8, 4) is 0 Å². The van der Waals surface area contributed by atoms with E-state index in [4.69, 9.17) is 4.74 Å². The predicted molar refractivity (Wildman–Crippen MR) is 117 cm³/mol. The highest BCUT2D eigenvalue weighted by atomic mass is 127. The molecule has 0 saturated carbocycles. The molecule has 130 valence electrons. The van der Waals surface area contributed by atoms with Crippen LogP contribution in [0.2, 0.25) is 0 Å². The number of halogens is 1. The fourth-order valence-corrected chi connectivity index (χ4v) is 4.19. The highest BCUT2D eigenvalue weighted by Gasteiger charge is 2.28. The summed E-state index contributed by atoms with van der Waals surface area (Å²) >= 11 is 2.41. The molecule has 3 aromatic carbocycles. The molecule has 1 unspecified atom stereocenters.